The fraction of sp³-hybridized carbons (Fsp3) is 0.400. The first-order chi connectivity index (χ1) is 6.56. The molecule has 0 amide bonds. The van der Waals surface area contributed by atoms with Crippen molar-refractivity contribution in [3.63, 3.8) is 0 Å². The number of aliphatic hydroxyl groups excluding tert-OH is 1. The van der Waals surface area contributed by atoms with Crippen molar-refractivity contribution >= 4 is 0 Å². The Balaban J connectivity index is 2.99. The predicted molar refractivity (Wildman–Crippen MR) is 49.6 cm³/mol. The van der Waals surface area contributed by atoms with Crippen LogP contribution in [0.4, 0.5) is 8.78 Å². The molecule has 3 N–H and O–H groups in total. The van der Waals surface area contributed by atoms with Crippen LogP contribution in [0.15, 0.2) is 18.2 Å². The molecule has 0 saturated carbocycles. The summed E-state index contributed by atoms with van der Waals surface area (Å²) in [6.45, 7) is 1.77. The van der Waals surface area contributed by atoms with E-state index in [9.17, 15) is 13.9 Å². The van der Waals surface area contributed by atoms with Gasteiger partial charge in [-0.3, -0.25) is 0 Å². The van der Waals surface area contributed by atoms with Gasteiger partial charge in [-0.15, -0.1) is 0 Å². The molecule has 0 bridgehead atoms. The first-order valence-electron chi connectivity index (χ1n) is 4.44. The van der Waals surface area contributed by atoms with Gasteiger partial charge in [0.25, 0.3) is 0 Å². The maximum atomic E-state index is 13.1. The molecule has 0 unspecified atom stereocenters. The molecule has 0 saturated heterocycles. The van der Waals surface area contributed by atoms with Crippen molar-refractivity contribution in [3.05, 3.63) is 35.4 Å². The summed E-state index contributed by atoms with van der Waals surface area (Å²) < 4.78 is 25.9. The third-order valence-corrected chi connectivity index (χ3v) is 2.15. The maximum Gasteiger partial charge on any atom is 0.129 e. The van der Waals surface area contributed by atoms with Crippen LogP contribution in [0.5, 0.6) is 0 Å². The Morgan fingerprint density at radius 3 is 2.64 bits per heavy atom. The van der Waals surface area contributed by atoms with Gasteiger partial charge in [0.05, 0.1) is 6.10 Å². The van der Waals surface area contributed by atoms with Crippen molar-refractivity contribution in [1.82, 2.24) is 0 Å². The van der Waals surface area contributed by atoms with E-state index < -0.39 is 23.8 Å². The number of hydrogen-bond acceptors (Lipinski definition) is 2. The van der Waals surface area contributed by atoms with Gasteiger partial charge in [-0.05, 0) is 24.6 Å². The third-order valence-electron chi connectivity index (χ3n) is 2.15. The van der Waals surface area contributed by atoms with Gasteiger partial charge < -0.3 is 10.8 Å². The molecule has 1 rings (SSSR count). The molecule has 0 heterocycles. The highest BCUT2D eigenvalue weighted by atomic mass is 19.1. The lowest BCUT2D eigenvalue weighted by Gasteiger charge is -2.17. The molecule has 2 nitrogen and oxygen atoms in total. The monoisotopic (exact) mass is 201 g/mol. The zero-order valence-corrected chi connectivity index (χ0v) is 7.87. The summed E-state index contributed by atoms with van der Waals surface area (Å²) in [6.07, 6.45) is -0.660. The van der Waals surface area contributed by atoms with Gasteiger partial charge in [0.2, 0.25) is 0 Å². The lowest BCUT2D eigenvalue weighted by molar-refractivity contribution is 0.140. The van der Waals surface area contributed by atoms with Crippen molar-refractivity contribution in [2.24, 2.45) is 5.73 Å². The van der Waals surface area contributed by atoms with E-state index in [2.05, 4.69) is 0 Å². The highest BCUT2D eigenvalue weighted by molar-refractivity contribution is 5.22. The van der Waals surface area contributed by atoms with Crippen LogP contribution in [0.25, 0.3) is 0 Å². The van der Waals surface area contributed by atoms with Crippen LogP contribution < -0.4 is 5.73 Å². The Kier molecular flexibility index (Phi) is 3.55. The SMILES string of the molecule is CC[C@@H](N)[C@@H](O)c1cc(F)ccc1F. The first-order valence-corrected chi connectivity index (χ1v) is 4.44. The molecule has 0 aliphatic carbocycles. The van der Waals surface area contributed by atoms with Gasteiger partial charge >= 0.3 is 0 Å². The van der Waals surface area contributed by atoms with Crippen molar-refractivity contribution < 1.29 is 13.9 Å². The predicted octanol–water partition coefficient (Wildman–Crippen LogP) is 1.74. The highest BCUT2D eigenvalue weighted by Crippen LogP contribution is 2.21. The number of aliphatic hydroxyl groups is 1. The molecule has 2 atom stereocenters. The van der Waals surface area contributed by atoms with Gasteiger partial charge in [-0.1, -0.05) is 6.92 Å². The van der Waals surface area contributed by atoms with E-state index in [0.717, 1.165) is 18.2 Å². The van der Waals surface area contributed by atoms with Gasteiger partial charge in [-0.25, -0.2) is 8.78 Å². The third kappa shape index (κ3) is 2.27. The number of hydrogen-bond donors (Lipinski definition) is 2. The molecule has 1 aromatic rings. The van der Waals surface area contributed by atoms with Crippen molar-refractivity contribution in [2.75, 3.05) is 0 Å². The van der Waals surface area contributed by atoms with Crippen molar-refractivity contribution in [2.45, 2.75) is 25.5 Å². The Bertz CT molecular complexity index is 317. The standard InChI is InChI=1S/C10H13F2NO/c1-2-9(13)10(14)7-5-6(11)3-4-8(7)12/h3-5,9-10,14H,2,13H2,1H3/t9-,10+/m1/s1. The summed E-state index contributed by atoms with van der Waals surface area (Å²) in [5.74, 6) is -1.22. The van der Waals surface area contributed by atoms with E-state index in [-0.39, 0.29) is 5.56 Å². The zero-order chi connectivity index (χ0) is 10.7. The van der Waals surface area contributed by atoms with Crippen LogP contribution in [0.1, 0.15) is 25.0 Å². The minimum Gasteiger partial charge on any atom is -0.387 e. The Morgan fingerprint density at radius 1 is 1.43 bits per heavy atom. The van der Waals surface area contributed by atoms with E-state index in [4.69, 9.17) is 5.73 Å². The van der Waals surface area contributed by atoms with Crippen LogP contribution in [-0.4, -0.2) is 11.1 Å². The number of nitrogens with two attached hydrogens (primary N) is 1. The van der Waals surface area contributed by atoms with E-state index in [0.29, 0.717) is 6.42 Å². The fourth-order valence-corrected chi connectivity index (χ4v) is 1.20. The molecular weight excluding hydrogens is 188 g/mol. The molecule has 0 spiro atoms. The summed E-state index contributed by atoms with van der Waals surface area (Å²) in [7, 11) is 0. The van der Waals surface area contributed by atoms with E-state index >= 15 is 0 Å². The normalized spacial score (nSPS) is 15.2. The maximum absolute atomic E-state index is 13.1. The van der Waals surface area contributed by atoms with Gasteiger partial charge in [0, 0.05) is 11.6 Å². The molecule has 1 aromatic carbocycles. The second kappa shape index (κ2) is 4.48. The van der Waals surface area contributed by atoms with Gasteiger partial charge in [0.1, 0.15) is 11.6 Å². The molecule has 0 fully saturated rings. The topological polar surface area (TPSA) is 46.2 Å². The fourth-order valence-electron chi connectivity index (χ4n) is 1.20. The average Bonchev–Trinajstić information content (AvgIpc) is 2.19. The van der Waals surface area contributed by atoms with Gasteiger partial charge in [-0.2, -0.15) is 0 Å². The van der Waals surface area contributed by atoms with Crippen LogP contribution in [0.2, 0.25) is 0 Å². The summed E-state index contributed by atoms with van der Waals surface area (Å²) in [5, 5.41) is 9.56. The lowest BCUT2D eigenvalue weighted by atomic mass is 10.0. The van der Waals surface area contributed by atoms with E-state index in [1.807, 2.05) is 0 Å². The van der Waals surface area contributed by atoms with Crippen LogP contribution in [0, 0.1) is 11.6 Å². The molecule has 0 aromatic heterocycles. The Morgan fingerprint density at radius 2 is 2.07 bits per heavy atom. The van der Waals surface area contributed by atoms with Crippen LogP contribution in [0.3, 0.4) is 0 Å². The summed E-state index contributed by atoms with van der Waals surface area (Å²) in [4.78, 5) is 0. The quantitative estimate of drug-likeness (QED) is 0.782. The minimum absolute atomic E-state index is 0.0839. The zero-order valence-electron chi connectivity index (χ0n) is 7.87. The Labute approximate surface area is 81.4 Å². The molecule has 0 aliphatic heterocycles. The largest absolute Gasteiger partial charge is 0.387 e. The van der Waals surface area contributed by atoms with Crippen molar-refractivity contribution in [3.8, 4) is 0 Å². The molecule has 4 heteroatoms. The number of benzene rings is 1. The molecular formula is C10H13F2NO. The Hall–Kier alpha value is -1.00. The summed E-state index contributed by atoms with van der Waals surface area (Å²) in [6, 6.07) is 2.38. The molecule has 14 heavy (non-hydrogen) atoms. The van der Waals surface area contributed by atoms with Crippen LogP contribution >= 0.6 is 0 Å². The van der Waals surface area contributed by atoms with Crippen molar-refractivity contribution in [1.29, 1.82) is 0 Å². The number of halogens is 2. The molecule has 0 radical (unpaired) electrons. The van der Waals surface area contributed by atoms with Gasteiger partial charge in [0.15, 0.2) is 0 Å². The molecule has 78 valence electrons. The van der Waals surface area contributed by atoms with E-state index in [1.54, 1.807) is 6.92 Å². The summed E-state index contributed by atoms with van der Waals surface area (Å²) >= 11 is 0. The second-order valence-electron chi connectivity index (χ2n) is 3.18. The first kappa shape index (κ1) is 11.1. The van der Waals surface area contributed by atoms with E-state index in [1.165, 1.54) is 0 Å². The number of rotatable bonds is 3. The highest BCUT2D eigenvalue weighted by Gasteiger charge is 2.19. The minimum atomic E-state index is -1.16. The second-order valence-corrected chi connectivity index (χ2v) is 3.18. The average molecular weight is 201 g/mol. The molecule has 0 aliphatic rings. The lowest BCUT2D eigenvalue weighted by Crippen LogP contribution is -2.28. The smallest absolute Gasteiger partial charge is 0.129 e. The summed E-state index contributed by atoms with van der Waals surface area (Å²) in [5.41, 5.74) is 5.44. The van der Waals surface area contributed by atoms with Crippen LogP contribution in [-0.2, 0) is 0 Å².